The van der Waals surface area contributed by atoms with Crippen LogP contribution in [0.4, 0.5) is 15.8 Å². The number of benzene rings is 1. The standard InChI is InChI=1S/C16H27FN2O/c1-5-6-7-8-16(2,3)11-19-14-10-15(20-4)13(18)9-12(14)17/h9-10,19H,5-8,11,18H2,1-4H3. The summed E-state index contributed by atoms with van der Waals surface area (Å²) in [5.41, 5.74) is 6.57. The molecule has 0 aliphatic rings. The molecule has 1 rings (SSSR count). The van der Waals surface area contributed by atoms with Crippen LogP contribution in [0.5, 0.6) is 5.75 Å². The molecular formula is C16H27FN2O. The Morgan fingerprint density at radius 1 is 1.30 bits per heavy atom. The van der Waals surface area contributed by atoms with Crippen molar-refractivity contribution >= 4 is 11.4 Å². The van der Waals surface area contributed by atoms with Crippen LogP contribution in [0.25, 0.3) is 0 Å². The lowest BCUT2D eigenvalue weighted by molar-refractivity contribution is 0.342. The highest BCUT2D eigenvalue weighted by molar-refractivity contribution is 5.62. The summed E-state index contributed by atoms with van der Waals surface area (Å²) < 4.78 is 19.0. The number of anilines is 2. The zero-order valence-corrected chi connectivity index (χ0v) is 13.1. The van der Waals surface area contributed by atoms with Gasteiger partial charge in [-0.15, -0.1) is 0 Å². The van der Waals surface area contributed by atoms with E-state index >= 15 is 0 Å². The second-order valence-electron chi connectivity index (χ2n) is 6.05. The van der Waals surface area contributed by atoms with Gasteiger partial charge in [-0.1, -0.05) is 40.0 Å². The van der Waals surface area contributed by atoms with Crippen LogP contribution in [-0.2, 0) is 0 Å². The summed E-state index contributed by atoms with van der Waals surface area (Å²) in [6.45, 7) is 7.31. The van der Waals surface area contributed by atoms with Gasteiger partial charge in [-0.25, -0.2) is 4.39 Å². The summed E-state index contributed by atoms with van der Waals surface area (Å²) in [4.78, 5) is 0. The summed E-state index contributed by atoms with van der Waals surface area (Å²) >= 11 is 0. The van der Waals surface area contributed by atoms with Crippen LogP contribution in [0.3, 0.4) is 0 Å². The summed E-state index contributed by atoms with van der Waals surface area (Å²) in [7, 11) is 1.53. The fourth-order valence-corrected chi connectivity index (χ4v) is 2.16. The van der Waals surface area contributed by atoms with E-state index in [2.05, 4.69) is 26.1 Å². The van der Waals surface area contributed by atoms with Gasteiger partial charge in [0.15, 0.2) is 0 Å². The molecule has 114 valence electrons. The van der Waals surface area contributed by atoms with Crippen molar-refractivity contribution in [1.29, 1.82) is 0 Å². The van der Waals surface area contributed by atoms with Gasteiger partial charge in [0.05, 0.1) is 18.5 Å². The first kappa shape index (κ1) is 16.6. The van der Waals surface area contributed by atoms with Crippen LogP contribution in [-0.4, -0.2) is 13.7 Å². The molecule has 3 N–H and O–H groups in total. The van der Waals surface area contributed by atoms with Gasteiger partial charge in [0, 0.05) is 18.7 Å². The minimum absolute atomic E-state index is 0.135. The molecule has 0 spiro atoms. The van der Waals surface area contributed by atoms with E-state index in [1.165, 1.54) is 32.4 Å². The molecule has 0 saturated carbocycles. The highest BCUT2D eigenvalue weighted by atomic mass is 19.1. The predicted octanol–water partition coefficient (Wildman–Crippen LogP) is 4.43. The van der Waals surface area contributed by atoms with Gasteiger partial charge >= 0.3 is 0 Å². The fraction of sp³-hybridized carbons (Fsp3) is 0.625. The number of ether oxygens (including phenoxy) is 1. The second-order valence-corrected chi connectivity index (χ2v) is 6.05. The van der Waals surface area contributed by atoms with E-state index in [0.717, 1.165) is 13.0 Å². The van der Waals surface area contributed by atoms with Crippen LogP contribution < -0.4 is 15.8 Å². The van der Waals surface area contributed by atoms with Crippen molar-refractivity contribution in [2.75, 3.05) is 24.7 Å². The van der Waals surface area contributed by atoms with E-state index in [1.807, 2.05) is 0 Å². The Hall–Kier alpha value is -1.45. The van der Waals surface area contributed by atoms with Crippen LogP contribution in [0.15, 0.2) is 12.1 Å². The average Bonchev–Trinajstić information content (AvgIpc) is 2.38. The van der Waals surface area contributed by atoms with E-state index in [9.17, 15) is 4.39 Å². The van der Waals surface area contributed by atoms with Gasteiger partial charge in [-0.2, -0.15) is 0 Å². The van der Waals surface area contributed by atoms with Crippen LogP contribution in [0, 0.1) is 11.2 Å². The van der Waals surface area contributed by atoms with Crippen molar-refractivity contribution in [1.82, 2.24) is 0 Å². The number of nitrogens with two attached hydrogens (primary N) is 1. The van der Waals surface area contributed by atoms with Crippen LogP contribution in [0.2, 0.25) is 0 Å². The lowest BCUT2D eigenvalue weighted by Crippen LogP contribution is -2.23. The summed E-state index contributed by atoms with van der Waals surface area (Å²) in [6, 6.07) is 2.91. The Balaban J connectivity index is 2.64. The Morgan fingerprint density at radius 2 is 2.00 bits per heavy atom. The fourth-order valence-electron chi connectivity index (χ4n) is 2.16. The largest absolute Gasteiger partial charge is 0.495 e. The van der Waals surface area contributed by atoms with Gasteiger partial charge in [0.2, 0.25) is 0 Å². The SMILES string of the molecule is CCCCCC(C)(C)CNc1cc(OC)c(N)cc1F. The molecule has 0 aromatic heterocycles. The van der Waals surface area contributed by atoms with Crippen molar-refractivity contribution in [3.05, 3.63) is 17.9 Å². The van der Waals surface area contributed by atoms with Crippen molar-refractivity contribution in [2.24, 2.45) is 5.41 Å². The second kappa shape index (κ2) is 7.36. The summed E-state index contributed by atoms with van der Waals surface area (Å²) in [5.74, 6) is 0.158. The molecule has 0 saturated heterocycles. The maximum Gasteiger partial charge on any atom is 0.148 e. The molecule has 0 fully saturated rings. The molecule has 0 unspecified atom stereocenters. The molecule has 0 heterocycles. The van der Waals surface area contributed by atoms with Gasteiger partial charge in [-0.05, 0) is 11.8 Å². The molecule has 0 bridgehead atoms. The molecule has 1 aromatic carbocycles. The van der Waals surface area contributed by atoms with E-state index in [4.69, 9.17) is 10.5 Å². The molecule has 0 aliphatic carbocycles. The van der Waals surface area contributed by atoms with E-state index in [-0.39, 0.29) is 11.2 Å². The zero-order valence-electron chi connectivity index (χ0n) is 13.1. The minimum Gasteiger partial charge on any atom is -0.495 e. The Morgan fingerprint density at radius 3 is 2.60 bits per heavy atom. The third-order valence-corrected chi connectivity index (χ3v) is 3.53. The van der Waals surface area contributed by atoms with Gasteiger partial charge in [-0.3, -0.25) is 0 Å². The molecule has 0 amide bonds. The highest BCUT2D eigenvalue weighted by Crippen LogP contribution is 2.30. The summed E-state index contributed by atoms with van der Waals surface area (Å²) in [6.07, 6.45) is 4.79. The molecule has 3 nitrogen and oxygen atoms in total. The smallest absolute Gasteiger partial charge is 0.148 e. The topological polar surface area (TPSA) is 47.3 Å². The zero-order chi connectivity index (χ0) is 15.2. The third-order valence-electron chi connectivity index (χ3n) is 3.53. The first-order valence-corrected chi connectivity index (χ1v) is 7.26. The lowest BCUT2D eigenvalue weighted by Gasteiger charge is -2.26. The average molecular weight is 282 g/mol. The van der Waals surface area contributed by atoms with Gasteiger partial charge in [0.1, 0.15) is 11.6 Å². The number of unbranched alkanes of at least 4 members (excludes halogenated alkanes) is 2. The number of nitrogen functional groups attached to an aromatic ring is 1. The highest BCUT2D eigenvalue weighted by Gasteiger charge is 2.18. The lowest BCUT2D eigenvalue weighted by atomic mass is 9.87. The van der Waals surface area contributed by atoms with Crippen molar-refractivity contribution in [3.63, 3.8) is 0 Å². The van der Waals surface area contributed by atoms with Crippen molar-refractivity contribution in [2.45, 2.75) is 46.5 Å². The van der Waals surface area contributed by atoms with Gasteiger partial charge < -0.3 is 15.8 Å². The first-order chi connectivity index (χ1) is 9.39. The Bertz CT molecular complexity index is 433. The van der Waals surface area contributed by atoms with E-state index < -0.39 is 0 Å². The molecule has 0 radical (unpaired) electrons. The monoisotopic (exact) mass is 282 g/mol. The van der Waals surface area contributed by atoms with Crippen LogP contribution in [0.1, 0.15) is 46.5 Å². The minimum atomic E-state index is -0.340. The maximum atomic E-state index is 13.9. The predicted molar refractivity (Wildman–Crippen MR) is 83.8 cm³/mol. The van der Waals surface area contributed by atoms with Crippen molar-refractivity contribution in [3.8, 4) is 5.75 Å². The number of hydrogen-bond donors (Lipinski definition) is 2. The number of hydrogen-bond acceptors (Lipinski definition) is 3. The third kappa shape index (κ3) is 4.91. The Labute approximate surface area is 121 Å². The number of halogens is 1. The quantitative estimate of drug-likeness (QED) is 0.547. The number of rotatable bonds is 8. The molecule has 20 heavy (non-hydrogen) atoms. The first-order valence-electron chi connectivity index (χ1n) is 7.26. The number of nitrogens with one attached hydrogen (secondary N) is 1. The molecule has 0 atom stereocenters. The molecule has 0 aliphatic heterocycles. The maximum absolute atomic E-state index is 13.9. The van der Waals surface area contributed by atoms with E-state index in [1.54, 1.807) is 6.07 Å². The molecule has 4 heteroatoms. The van der Waals surface area contributed by atoms with Crippen molar-refractivity contribution < 1.29 is 9.13 Å². The molecular weight excluding hydrogens is 255 g/mol. The normalized spacial score (nSPS) is 11.4. The number of methoxy groups -OCH3 is 1. The van der Waals surface area contributed by atoms with Crippen LogP contribution >= 0.6 is 0 Å². The van der Waals surface area contributed by atoms with Gasteiger partial charge in [0.25, 0.3) is 0 Å². The Kier molecular flexibility index (Phi) is 6.11. The van der Waals surface area contributed by atoms with E-state index in [0.29, 0.717) is 17.1 Å². The molecule has 1 aromatic rings. The summed E-state index contributed by atoms with van der Waals surface area (Å²) in [5, 5.41) is 3.17.